The van der Waals surface area contributed by atoms with Gasteiger partial charge in [-0.1, -0.05) is 0 Å². The fourth-order valence-electron chi connectivity index (χ4n) is 7.04. The Morgan fingerprint density at radius 2 is 1.95 bits per heavy atom. The van der Waals surface area contributed by atoms with E-state index in [9.17, 15) is 9.18 Å². The van der Waals surface area contributed by atoms with Gasteiger partial charge in [-0.2, -0.15) is 0 Å². The number of carbonyl (C=O) groups is 1. The van der Waals surface area contributed by atoms with E-state index in [1.165, 1.54) is 24.5 Å². The zero-order chi connectivity index (χ0) is 30.3. The zero-order valence-electron chi connectivity index (χ0n) is 25.3. The summed E-state index contributed by atoms with van der Waals surface area (Å²) in [6.45, 7) is 8.64. The lowest BCUT2D eigenvalue weighted by atomic mass is 9.63. The van der Waals surface area contributed by atoms with Gasteiger partial charge in [-0.25, -0.2) is 14.4 Å². The van der Waals surface area contributed by atoms with Crippen molar-refractivity contribution in [3.63, 3.8) is 0 Å². The van der Waals surface area contributed by atoms with Crippen molar-refractivity contribution in [3.8, 4) is 17.2 Å². The third-order valence-corrected chi connectivity index (χ3v) is 9.37. The van der Waals surface area contributed by atoms with Gasteiger partial charge in [0, 0.05) is 80.4 Å². The van der Waals surface area contributed by atoms with Gasteiger partial charge in [0.2, 0.25) is 0 Å². The van der Waals surface area contributed by atoms with Gasteiger partial charge in [0.1, 0.15) is 29.7 Å². The van der Waals surface area contributed by atoms with E-state index < -0.39 is 5.82 Å². The summed E-state index contributed by atoms with van der Waals surface area (Å²) in [4.78, 5) is 31.3. The Balaban J connectivity index is 1.06. The summed E-state index contributed by atoms with van der Waals surface area (Å²) in [7, 11) is 0. The number of hydrogen-bond donors (Lipinski definition) is 1. The minimum Gasteiger partial charge on any atom is -0.490 e. The first-order valence-electron chi connectivity index (χ1n) is 15.7. The van der Waals surface area contributed by atoms with E-state index >= 15 is 0 Å². The average molecular weight is 603 g/mol. The van der Waals surface area contributed by atoms with E-state index in [0.717, 1.165) is 75.4 Å². The maximum Gasteiger partial charge on any atom is 0.258 e. The van der Waals surface area contributed by atoms with Gasteiger partial charge in [-0.15, -0.1) is 0 Å². The Morgan fingerprint density at radius 1 is 1.14 bits per heavy atom. The summed E-state index contributed by atoms with van der Waals surface area (Å²) >= 11 is 0. The Bertz CT molecular complexity index is 1520. The van der Waals surface area contributed by atoms with Crippen molar-refractivity contribution in [2.45, 2.75) is 70.7 Å². The maximum absolute atomic E-state index is 14.6. The number of nitrogens with zero attached hydrogens (tertiary/aromatic N) is 5. The highest BCUT2D eigenvalue weighted by atomic mass is 19.1. The van der Waals surface area contributed by atoms with Crippen molar-refractivity contribution in [2.24, 2.45) is 5.41 Å². The van der Waals surface area contributed by atoms with Gasteiger partial charge in [-0.3, -0.25) is 9.78 Å². The molecule has 1 aliphatic carbocycles. The molecule has 1 saturated carbocycles. The van der Waals surface area contributed by atoms with Crippen LogP contribution in [0.25, 0.3) is 0 Å². The second kappa shape index (κ2) is 11.9. The smallest absolute Gasteiger partial charge is 0.258 e. The third-order valence-electron chi connectivity index (χ3n) is 9.37. The molecule has 1 spiro atoms. The largest absolute Gasteiger partial charge is 0.490 e. The minimum atomic E-state index is -0.486. The molecule has 1 N–H and O–H groups in total. The number of halogens is 1. The molecule has 232 valence electrons. The van der Waals surface area contributed by atoms with Crippen molar-refractivity contribution in [1.82, 2.24) is 25.2 Å². The minimum absolute atomic E-state index is 0.0463. The Labute approximate surface area is 256 Å². The molecule has 2 aromatic heterocycles. The number of aromatic nitrogens is 3. The SMILES string of the molecule is CC(C)N(C(=O)c1cc(F)ccc1Oc1cncnc1N1CCC(Oc2ccnc3c2CNCC3)CC1)C1CC2(COC2)C1. The van der Waals surface area contributed by atoms with Crippen molar-refractivity contribution in [1.29, 1.82) is 0 Å². The fourth-order valence-corrected chi connectivity index (χ4v) is 7.04. The van der Waals surface area contributed by atoms with Gasteiger partial charge < -0.3 is 29.3 Å². The lowest BCUT2D eigenvalue weighted by Crippen LogP contribution is -2.61. The summed E-state index contributed by atoms with van der Waals surface area (Å²) in [6, 6.07) is 6.11. The van der Waals surface area contributed by atoms with Crippen LogP contribution in [0.4, 0.5) is 10.2 Å². The summed E-state index contributed by atoms with van der Waals surface area (Å²) in [6.07, 6.45) is 9.34. The van der Waals surface area contributed by atoms with Crippen LogP contribution in [-0.4, -0.2) is 76.8 Å². The molecule has 2 saturated heterocycles. The predicted octanol–water partition coefficient (Wildman–Crippen LogP) is 4.53. The fraction of sp³-hybridized carbons (Fsp3) is 0.515. The van der Waals surface area contributed by atoms with E-state index in [-0.39, 0.29) is 40.8 Å². The molecule has 0 radical (unpaired) electrons. The molecule has 10 nitrogen and oxygen atoms in total. The van der Waals surface area contributed by atoms with Crippen molar-refractivity contribution in [3.05, 3.63) is 65.6 Å². The molecule has 0 unspecified atom stereocenters. The summed E-state index contributed by atoms with van der Waals surface area (Å²) < 4.78 is 32.8. The normalized spacial score (nSPS) is 19.7. The average Bonchev–Trinajstić information content (AvgIpc) is 2.99. The van der Waals surface area contributed by atoms with Crippen molar-refractivity contribution >= 4 is 11.7 Å². The number of piperidine rings is 1. The first-order valence-corrected chi connectivity index (χ1v) is 15.7. The first-order chi connectivity index (χ1) is 21.4. The second-order valence-electron chi connectivity index (χ2n) is 12.8. The van der Waals surface area contributed by atoms with E-state index in [2.05, 4.69) is 25.2 Å². The lowest BCUT2D eigenvalue weighted by molar-refractivity contribution is -0.181. The summed E-state index contributed by atoms with van der Waals surface area (Å²) in [5, 5.41) is 3.41. The van der Waals surface area contributed by atoms with Gasteiger partial charge in [0.25, 0.3) is 5.91 Å². The zero-order valence-corrected chi connectivity index (χ0v) is 25.3. The highest BCUT2D eigenvalue weighted by molar-refractivity contribution is 5.97. The number of anilines is 1. The van der Waals surface area contributed by atoms with Gasteiger partial charge in [0.05, 0.1) is 25.0 Å². The van der Waals surface area contributed by atoms with E-state index in [4.69, 9.17) is 14.2 Å². The predicted molar refractivity (Wildman–Crippen MR) is 162 cm³/mol. The monoisotopic (exact) mass is 602 g/mol. The molecule has 44 heavy (non-hydrogen) atoms. The number of ether oxygens (including phenoxy) is 3. The molecule has 4 aliphatic rings. The first kappa shape index (κ1) is 28.9. The number of hydrogen-bond acceptors (Lipinski definition) is 9. The topological polar surface area (TPSA) is 102 Å². The van der Waals surface area contributed by atoms with Crippen molar-refractivity contribution < 1.29 is 23.4 Å². The van der Waals surface area contributed by atoms with Crippen LogP contribution < -0.4 is 19.7 Å². The van der Waals surface area contributed by atoms with Crippen molar-refractivity contribution in [2.75, 3.05) is 37.7 Å². The van der Waals surface area contributed by atoms with Crippen LogP contribution in [-0.2, 0) is 17.7 Å². The molecule has 1 aromatic carbocycles. The number of amides is 1. The highest BCUT2D eigenvalue weighted by Crippen LogP contribution is 2.50. The number of carbonyl (C=O) groups excluding carboxylic acids is 1. The Kier molecular flexibility index (Phi) is 7.84. The lowest BCUT2D eigenvalue weighted by Gasteiger charge is -2.56. The molecule has 3 aromatic rings. The third kappa shape index (κ3) is 5.59. The van der Waals surface area contributed by atoms with Crippen LogP contribution in [0.1, 0.15) is 61.1 Å². The molecule has 3 aliphatic heterocycles. The van der Waals surface area contributed by atoms with E-state index in [0.29, 0.717) is 24.7 Å². The van der Waals surface area contributed by atoms with Crippen LogP contribution in [0.2, 0.25) is 0 Å². The molecule has 3 fully saturated rings. The number of fused-ring (bicyclic) bond motifs is 1. The Hall–Kier alpha value is -3.83. The van der Waals surface area contributed by atoms with Crippen LogP contribution in [0.15, 0.2) is 43.0 Å². The maximum atomic E-state index is 14.6. The number of benzene rings is 1. The standard InChI is InChI=1S/C33H39FN6O4/c1-21(2)40(23-14-33(15-23)18-42-19-33)32(41)25-13-22(34)3-4-28(25)44-30-17-36-20-38-31(30)39-11-7-24(8-12-39)43-29-6-10-37-27-5-9-35-16-26(27)29/h3-4,6,10,13,17,20-21,23-24,35H,5,7-9,11-12,14-16,18-19H2,1-2H3. The number of pyridine rings is 1. The number of rotatable bonds is 8. The van der Waals surface area contributed by atoms with E-state index in [1.54, 1.807) is 6.20 Å². The molecule has 5 heterocycles. The molecular weight excluding hydrogens is 563 g/mol. The number of nitrogens with one attached hydrogen (secondary N) is 1. The highest BCUT2D eigenvalue weighted by Gasteiger charge is 2.53. The summed E-state index contributed by atoms with van der Waals surface area (Å²) in [5.74, 6) is 1.53. The molecular formula is C33H39FN6O4. The molecule has 11 heteroatoms. The molecule has 0 bridgehead atoms. The second-order valence-corrected chi connectivity index (χ2v) is 12.8. The van der Waals surface area contributed by atoms with Crippen LogP contribution in [0, 0.1) is 11.2 Å². The van der Waals surface area contributed by atoms with Crippen LogP contribution in [0.3, 0.4) is 0 Å². The van der Waals surface area contributed by atoms with E-state index in [1.807, 2.05) is 31.0 Å². The summed E-state index contributed by atoms with van der Waals surface area (Å²) in [5.41, 5.74) is 2.66. The van der Waals surface area contributed by atoms with Gasteiger partial charge in [-0.05, 0) is 51.0 Å². The molecule has 1 amide bonds. The van der Waals surface area contributed by atoms with Gasteiger partial charge in [0.15, 0.2) is 11.6 Å². The Morgan fingerprint density at radius 3 is 2.70 bits per heavy atom. The van der Waals surface area contributed by atoms with Gasteiger partial charge >= 0.3 is 0 Å². The molecule has 7 rings (SSSR count). The van der Waals surface area contributed by atoms with Crippen LogP contribution in [0.5, 0.6) is 17.2 Å². The molecule has 0 atom stereocenters. The van der Waals surface area contributed by atoms with Crippen LogP contribution >= 0.6 is 0 Å². The quantitative estimate of drug-likeness (QED) is 0.399.